The molecule has 0 saturated heterocycles. The second kappa shape index (κ2) is 7.15. The third kappa shape index (κ3) is 4.74. The summed E-state index contributed by atoms with van der Waals surface area (Å²) in [6.07, 6.45) is 0. The van der Waals surface area contributed by atoms with Crippen molar-refractivity contribution in [3.8, 4) is 0 Å². The van der Waals surface area contributed by atoms with Crippen LogP contribution in [0.2, 0.25) is 0 Å². The molecule has 0 radical (unpaired) electrons. The minimum atomic E-state index is -3.56. The molecule has 0 aromatic heterocycles. The molecule has 2 aromatic rings. The summed E-state index contributed by atoms with van der Waals surface area (Å²) in [4.78, 5) is 0.234. The van der Waals surface area contributed by atoms with Crippen LogP contribution in [0.3, 0.4) is 0 Å². The van der Waals surface area contributed by atoms with Crippen LogP contribution in [0, 0.1) is 5.92 Å². The van der Waals surface area contributed by atoms with Crippen molar-refractivity contribution >= 4 is 37.3 Å². The van der Waals surface area contributed by atoms with E-state index in [-0.39, 0.29) is 4.90 Å². The van der Waals surface area contributed by atoms with E-state index >= 15 is 0 Å². The number of benzene rings is 2. The zero-order valence-corrected chi connectivity index (χ0v) is 14.9. The Morgan fingerprint density at radius 2 is 1.50 bits per heavy atom. The van der Waals surface area contributed by atoms with Gasteiger partial charge >= 0.3 is 0 Å². The van der Waals surface area contributed by atoms with Gasteiger partial charge in [-0.1, -0.05) is 29.8 Å². The molecule has 0 aliphatic carbocycles. The molecule has 118 valence electrons. The standard InChI is InChI=1S/C16H19BrN2O2S/c1-12(2)11-18-14-5-7-15(8-6-14)19-22(20,21)16-9-3-13(17)4-10-16/h3-10,12,18-19H,11H2,1-2H3. The summed E-state index contributed by atoms with van der Waals surface area (Å²) in [6.45, 7) is 5.14. The predicted octanol–water partition coefficient (Wildman–Crippen LogP) is 4.32. The van der Waals surface area contributed by atoms with Crippen LogP contribution < -0.4 is 10.0 Å². The molecule has 22 heavy (non-hydrogen) atoms. The third-order valence-electron chi connectivity index (χ3n) is 2.98. The first-order chi connectivity index (χ1) is 10.4. The number of hydrogen-bond donors (Lipinski definition) is 2. The highest BCUT2D eigenvalue weighted by molar-refractivity contribution is 9.10. The van der Waals surface area contributed by atoms with Crippen LogP contribution in [-0.2, 0) is 10.0 Å². The maximum Gasteiger partial charge on any atom is 0.261 e. The molecule has 0 atom stereocenters. The van der Waals surface area contributed by atoms with E-state index in [9.17, 15) is 8.42 Å². The van der Waals surface area contributed by atoms with Gasteiger partial charge in [-0.15, -0.1) is 0 Å². The van der Waals surface area contributed by atoms with Gasteiger partial charge in [0.1, 0.15) is 0 Å². The zero-order valence-electron chi connectivity index (χ0n) is 12.5. The number of anilines is 2. The Hall–Kier alpha value is -1.53. The van der Waals surface area contributed by atoms with Crippen molar-refractivity contribution in [3.63, 3.8) is 0 Å². The van der Waals surface area contributed by atoms with Crippen molar-refractivity contribution in [2.45, 2.75) is 18.7 Å². The van der Waals surface area contributed by atoms with E-state index in [2.05, 4.69) is 39.8 Å². The highest BCUT2D eigenvalue weighted by Crippen LogP contribution is 2.20. The smallest absolute Gasteiger partial charge is 0.261 e. The fraction of sp³-hybridized carbons (Fsp3) is 0.250. The van der Waals surface area contributed by atoms with E-state index in [1.54, 1.807) is 36.4 Å². The summed E-state index contributed by atoms with van der Waals surface area (Å²) < 4.78 is 28.0. The van der Waals surface area contributed by atoms with E-state index in [4.69, 9.17) is 0 Å². The van der Waals surface area contributed by atoms with Gasteiger partial charge in [0, 0.05) is 22.4 Å². The molecule has 4 nitrogen and oxygen atoms in total. The predicted molar refractivity (Wildman–Crippen MR) is 94.7 cm³/mol. The molecular weight excluding hydrogens is 364 g/mol. The molecule has 0 heterocycles. The largest absolute Gasteiger partial charge is 0.385 e. The number of halogens is 1. The van der Waals surface area contributed by atoms with Crippen LogP contribution in [0.5, 0.6) is 0 Å². The van der Waals surface area contributed by atoms with Crippen LogP contribution in [0.15, 0.2) is 57.9 Å². The Morgan fingerprint density at radius 3 is 2.05 bits per heavy atom. The maximum atomic E-state index is 12.3. The van der Waals surface area contributed by atoms with Crippen LogP contribution in [0.4, 0.5) is 11.4 Å². The second-order valence-electron chi connectivity index (χ2n) is 5.41. The SMILES string of the molecule is CC(C)CNc1ccc(NS(=O)(=O)c2ccc(Br)cc2)cc1. The number of hydrogen-bond acceptors (Lipinski definition) is 3. The van der Waals surface area contributed by atoms with Gasteiger partial charge in [0.05, 0.1) is 4.90 Å². The summed E-state index contributed by atoms with van der Waals surface area (Å²) in [5, 5.41) is 3.29. The Morgan fingerprint density at radius 1 is 0.955 bits per heavy atom. The normalized spacial score (nSPS) is 11.5. The Kier molecular flexibility index (Phi) is 5.47. The topological polar surface area (TPSA) is 58.2 Å². The lowest BCUT2D eigenvalue weighted by Gasteiger charge is -2.11. The average molecular weight is 383 g/mol. The average Bonchev–Trinajstić information content (AvgIpc) is 2.46. The zero-order chi connectivity index (χ0) is 16.2. The molecular formula is C16H19BrN2O2S. The second-order valence-corrected chi connectivity index (χ2v) is 8.01. The maximum absolute atomic E-state index is 12.3. The molecule has 0 saturated carbocycles. The summed E-state index contributed by atoms with van der Waals surface area (Å²) >= 11 is 3.29. The molecule has 0 unspecified atom stereocenters. The molecule has 2 rings (SSSR count). The van der Waals surface area contributed by atoms with Crippen molar-refractivity contribution in [2.24, 2.45) is 5.92 Å². The molecule has 0 spiro atoms. The number of rotatable bonds is 6. The summed E-state index contributed by atoms with van der Waals surface area (Å²) in [5.74, 6) is 0.551. The quantitative estimate of drug-likeness (QED) is 0.781. The molecule has 2 N–H and O–H groups in total. The Balaban J connectivity index is 2.08. The molecule has 0 bridgehead atoms. The third-order valence-corrected chi connectivity index (χ3v) is 4.90. The molecule has 0 fully saturated rings. The summed E-state index contributed by atoms with van der Waals surface area (Å²) in [6, 6.07) is 13.7. The minimum absolute atomic E-state index is 0.234. The molecule has 0 aliphatic rings. The van der Waals surface area contributed by atoms with Crippen LogP contribution in [0.1, 0.15) is 13.8 Å². The van der Waals surface area contributed by atoms with Crippen LogP contribution in [0.25, 0.3) is 0 Å². The summed E-state index contributed by atoms with van der Waals surface area (Å²) in [5.41, 5.74) is 1.51. The van der Waals surface area contributed by atoms with Gasteiger partial charge in [0.25, 0.3) is 10.0 Å². The van der Waals surface area contributed by atoms with Crippen molar-refractivity contribution in [3.05, 3.63) is 53.0 Å². The van der Waals surface area contributed by atoms with Gasteiger partial charge in [-0.25, -0.2) is 8.42 Å². The van der Waals surface area contributed by atoms with E-state index in [1.165, 1.54) is 0 Å². The van der Waals surface area contributed by atoms with Crippen LogP contribution in [-0.4, -0.2) is 15.0 Å². The van der Waals surface area contributed by atoms with Gasteiger partial charge in [0.2, 0.25) is 0 Å². The minimum Gasteiger partial charge on any atom is -0.385 e. The molecule has 6 heteroatoms. The van der Waals surface area contributed by atoms with Crippen molar-refractivity contribution < 1.29 is 8.42 Å². The lowest BCUT2D eigenvalue weighted by Crippen LogP contribution is -2.13. The Bertz CT molecular complexity index is 711. The highest BCUT2D eigenvalue weighted by atomic mass is 79.9. The van der Waals surface area contributed by atoms with Crippen molar-refractivity contribution in [2.75, 3.05) is 16.6 Å². The first-order valence-electron chi connectivity index (χ1n) is 6.99. The van der Waals surface area contributed by atoms with Gasteiger partial charge < -0.3 is 5.32 Å². The molecule has 2 aromatic carbocycles. The van der Waals surface area contributed by atoms with E-state index in [0.717, 1.165) is 16.7 Å². The van der Waals surface area contributed by atoms with E-state index in [0.29, 0.717) is 11.6 Å². The molecule has 0 aliphatic heterocycles. The highest BCUT2D eigenvalue weighted by Gasteiger charge is 2.13. The van der Waals surface area contributed by atoms with Crippen molar-refractivity contribution in [1.29, 1.82) is 0 Å². The number of sulfonamides is 1. The Labute approximate surface area is 140 Å². The lowest BCUT2D eigenvalue weighted by molar-refractivity contribution is 0.601. The summed E-state index contributed by atoms with van der Waals surface area (Å²) in [7, 11) is -3.56. The van der Waals surface area contributed by atoms with E-state index < -0.39 is 10.0 Å². The van der Waals surface area contributed by atoms with Gasteiger partial charge in [-0.05, 0) is 54.4 Å². The van der Waals surface area contributed by atoms with Gasteiger partial charge in [-0.2, -0.15) is 0 Å². The van der Waals surface area contributed by atoms with E-state index in [1.807, 2.05) is 12.1 Å². The first kappa shape index (κ1) is 16.8. The lowest BCUT2D eigenvalue weighted by atomic mass is 10.2. The number of nitrogens with one attached hydrogen (secondary N) is 2. The van der Waals surface area contributed by atoms with Gasteiger partial charge in [-0.3, -0.25) is 4.72 Å². The monoisotopic (exact) mass is 382 g/mol. The van der Waals surface area contributed by atoms with Crippen molar-refractivity contribution in [1.82, 2.24) is 0 Å². The first-order valence-corrected chi connectivity index (χ1v) is 9.27. The molecule has 0 amide bonds. The fourth-order valence-corrected chi connectivity index (χ4v) is 3.13. The van der Waals surface area contributed by atoms with Crippen LogP contribution >= 0.6 is 15.9 Å². The fourth-order valence-electron chi connectivity index (χ4n) is 1.81. The van der Waals surface area contributed by atoms with Gasteiger partial charge in [0.15, 0.2) is 0 Å².